The number of rotatable bonds is 6. The average Bonchev–Trinajstić information content (AvgIpc) is 3.13. The largest absolute Gasteiger partial charge is 0.497 e. The van der Waals surface area contributed by atoms with E-state index in [0.29, 0.717) is 28.7 Å². The van der Waals surface area contributed by atoms with E-state index in [2.05, 4.69) is 17.2 Å². The van der Waals surface area contributed by atoms with Crippen LogP contribution in [0.2, 0.25) is 0 Å². The summed E-state index contributed by atoms with van der Waals surface area (Å²) in [6.07, 6.45) is 6.65. The zero-order valence-electron chi connectivity index (χ0n) is 18.2. The fourth-order valence-corrected chi connectivity index (χ4v) is 4.56. The topological polar surface area (TPSA) is 71.4 Å². The summed E-state index contributed by atoms with van der Waals surface area (Å²) in [7, 11) is 1.57. The molecule has 2 aliphatic rings. The van der Waals surface area contributed by atoms with Gasteiger partial charge >= 0.3 is 0 Å². The first-order chi connectivity index (χ1) is 15.0. The first kappa shape index (κ1) is 21.4. The second kappa shape index (κ2) is 9.10. The molecule has 1 aliphatic heterocycles. The molecule has 0 radical (unpaired) electrons. The van der Waals surface area contributed by atoms with Crippen LogP contribution in [0.5, 0.6) is 11.5 Å². The Hall–Kier alpha value is -2.86. The van der Waals surface area contributed by atoms with Gasteiger partial charge in [0.1, 0.15) is 11.5 Å². The van der Waals surface area contributed by atoms with Crippen LogP contribution < -0.4 is 9.47 Å². The van der Waals surface area contributed by atoms with E-state index in [9.17, 15) is 9.90 Å². The van der Waals surface area contributed by atoms with Crippen molar-refractivity contribution in [2.45, 2.75) is 57.1 Å². The van der Waals surface area contributed by atoms with E-state index in [0.717, 1.165) is 5.01 Å². The first-order valence-corrected chi connectivity index (χ1v) is 11.0. The highest BCUT2D eigenvalue weighted by molar-refractivity contribution is 5.89. The van der Waals surface area contributed by atoms with Crippen LogP contribution in [0.4, 0.5) is 0 Å². The van der Waals surface area contributed by atoms with Crippen LogP contribution in [0.25, 0.3) is 0 Å². The molecule has 31 heavy (non-hydrogen) atoms. The SMILES string of the molecule is COc1cccc([C@@]2(O)CC(C)=NN2C(=O)COc2ccc(C3CCCCC3)cc2)c1. The number of ether oxygens (including phenoxy) is 2. The number of aliphatic hydroxyl groups is 1. The van der Waals surface area contributed by atoms with Crippen molar-refractivity contribution < 1.29 is 19.4 Å². The second-order valence-corrected chi connectivity index (χ2v) is 8.46. The standard InChI is InChI=1S/C25H30N2O4/c1-18-16-25(29,21-9-6-10-23(15-21)30-2)27(26-18)24(28)17-31-22-13-11-20(12-14-22)19-7-4-3-5-8-19/h6,9-15,19,29H,3-5,7-8,16-17H2,1-2H3/t25-/m0/s1. The van der Waals surface area contributed by atoms with E-state index >= 15 is 0 Å². The predicted molar refractivity (Wildman–Crippen MR) is 119 cm³/mol. The third-order valence-electron chi connectivity index (χ3n) is 6.21. The summed E-state index contributed by atoms with van der Waals surface area (Å²) in [4.78, 5) is 12.9. The van der Waals surface area contributed by atoms with Gasteiger partial charge in [0.2, 0.25) is 0 Å². The van der Waals surface area contributed by atoms with Gasteiger partial charge in [-0.15, -0.1) is 0 Å². The number of hydrogen-bond donors (Lipinski definition) is 1. The molecule has 1 heterocycles. The molecule has 0 bridgehead atoms. The maximum absolute atomic E-state index is 12.9. The van der Waals surface area contributed by atoms with Gasteiger partial charge in [-0.2, -0.15) is 10.1 Å². The van der Waals surface area contributed by atoms with Gasteiger partial charge in [-0.1, -0.05) is 43.5 Å². The van der Waals surface area contributed by atoms with E-state index in [1.165, 1.54) is 37.7 Å². The van der Waals surface area contributed by atoms with Gasteiger partial charge in [0, 0.05) is 17.7 Å². The lowest BCUT2D eigenvalue weighted by Gasteiger charge is -2.31. The number of benzene rings is 2. The summed E-state index contributed by atoms with van der Waals surface area (Å²) in [6.45, 7) is 1.59. The van der Waals surface area contributed by atoms with Crippen LogP contribution in [0, 0.1) is 0 Å². The maximum atomic E-state index is 12.9. The highest BCUT2D eigenvalue weighted by Crippen LogP contribution is 2.37. The highest BCUT2D eigenvalue weighted by atomic mass is 16.5. The fourth-order valence-electron chi connectivity index (χ4n) is 4.56. The van der Waals surface area contributed by atoms with Crippen molar-refractivity contribution in [1.29, 1.82) is 0 Å². The average molecular weight is 423 g/mol. The predicted octanol–water partition coefficient (Wildman–Crippen LogP) is 4.58. The Morgan fingerprint density at radius 3 is 2.58 bits per heavy atom. The van der Waals surface area contributed by atoms with Crippen molar-refractivity contribution in [3.05, 3.63) is 59.7 Å². The van der Waals surface area contributed by atoms with Crippen LogP contribution in [-0.2, 0) is 10.5 Å². The molecule has 0 saturated heterocycles. The van der Waals surface area contributed by atoms with Gasteiger partial charge in [0.25, 0.3) is 5.91 Å². The molecule has 0 unspecified atom stereocenters. The Balaban J connectivity index is 1.43. The Morgan fingerprint density at radius 1 is 1.13 bits per heavy atom. The van der Waals surface area contributed by atoms with Gasteiger partial charge in [-0.3, -0.25) is 4.79 Å². The fraction of sp³-hybridized carbons (Fsp3) is 0.440. The zero-order valence-corrected chi connectivity index (χ0v) is 18.2. The van der Waals surface area contributed by atoms with Gasteiger partial charge in [0.05, 0.1) is 7.11 Å². The van der Waals surface area contributed by atoms with Gasteiger partial charge in [0.15, 0.2) is 12.3 Å². The summed E-state index contributed by atoms with van der Waals surface area (Å²) >= 11 is 0. The smallest absolute Gasteiger partial charge is 0.283 e. The number of hydrazone groups is 1. The summed E-state index contributed by atoms with van der Waals surface area (Å²) in [5.41, 5.74) is 1.02. The molecule has 1 atom stereocenters. The normalized spacial score (nSPS) is 21.6. The van der Waals surface area contributed by atoms with Crippen LogP contribution in [-0.4, -0.2) is 35.5 Å². The van der Waals surface area contributed by atoms with Crippen molar-refractivity contribution in [2.24, 2.45) is 5.10 Å². The third kappa shape index (κ3) is 4.59. The van der Waals surface area contributed by atoms with E-state index < -0.39 is 11.6 Å². The maximum Gasteiger partial charge on any atom is 0.283 e. The first-order valence-electron chi connectivity index (χ1n) is 11.0. The Kier molecular flexibility index (Phi) is 6.28. The van der Waals surface area contributed by atoms with Crippen LogP contribution >= 0.6 is 0 Å². The zero-order chi connectivity index (χ0) is 21.8. The second-order valence-electron chi connectivity index (χ2n) is 8.46. The molecule has 0 aromatic heterocycles. The van der Waals surface area contributed by atoms with E-state index in [1.54, 1.807) is 38.3 Å². The number of nitrogens with zero attached hydrogens (tertiary/aromatic N) is 2. The summed E-state index contributed by atoms with van der Waals surface area (Å²) in [5, 5.41) is 16.8. The molecule has 6 nitrogen and oxygen atoms in total. The van der Waals surface area contributed by atoms with Gasteiger partial charge < -0.3 is 14.6 Å². The molecule has 4 rings (SSSR count). The Labute approximate surface area is 183 Å². The molecule has 1 saturated carbocycles. The van der Waals surface area contributed by atoms with E-state index in [1.807, 2.05) is 12.1 Å². The quantitative estimate of drug-likeness (QED) is 0.740. The Bertz CT molecular complexity index is 950. The molecule has 0 spiro atoms. The van der Waals surface area contributed by atoms with E-state index in [-0.39, 0.29) is 13.0 Å². The van der Waals surface area contributed by atoms with Gasteiger partial charge in [-0.05, 0) is 55.5 Å². The van der Waals surface area contributed by atoms with Crippen LogP contribution in [0.1, 0.15) is 62.5 Å². The number of carbonyl (C=O) groups is 1. The van der Waals surface area contributed by atoms with E-state index in [4.69, 9.17) is 9.47 Å². The molecule has 2 aromatic carbocycles. The number of methoxy groups -OCH3 is 1. The molecule has 2 aromatic rings. The van der Waals surface area contributed by atoms with Crippen molar-refractivity contribution >= 4 is 11.6 Å². The van der Waals surface area contributed by atoms with Crippen LogP contribution in [0.3, 0.4) is 0 Å². The third-order valence-corrected chi connectivity index (χ3v) is 6.21. The molecular formula is C25H30N2O4. The molecule has 1 amide bonds. The number of carbonyl (C=O) groups excluding carboxylic acids is 1. The molecular weight excluding hydrogens is 392 g/mol. The molecule has 1 aliphatic carbocycles. The monoisotopic (exact) mass is 422 g/mol. The summed E-state index contributed by atoms with van der Waals surface area (Å²) < 4.78 is 11.0. The van der Waals surface area contributed by atoms with Crippen molar-refractivity contribution in [3.8, 4) is 11.5 Å². The molecule has 6 heteroatoms. The van der Waals surface area contributed by atoms with Crippen LogP contribution in [0.15, 0.2) is 53.6 Å². The summed E-state index contributed by atoms with van der Waals surface area (Å²) in [5.74, 6) is 1.47. The summed E-state index contributed by atoms with van der Waals surface area (Å²) in [6, 6.07) is 15.1. The highest BCUT2D eigenvalue weighted by Gasteiger charge is 2.45. The van der Waals surface area contributed by atoms with Crippen molar-refractivity contribution in [2.75, 3.05) is 13.7 Å². The molecule has 164 valence electrons. The van der Waals surface area contributed by atoms with Crippen molar-refractivity contribution in [1.82, 2.24) is 5.01 Å². The lowest BCUT2D eigenvalue weighted by molar-refractivity contribution is -0.159. The van der Waals surface area contributed by atoms with Crippen molar-refractivity contribution in [3.63, 3.8) is 0 Å². The molecule has 1 fully saturated rings. The number of hydrogen-bond acceptors (Lipinski definition) is 5. The molecule has 1 N–H and O–H groups in total. The van der Waals surface area contributed by atoms with Gasteiger partial charge in [-0.25, -0.2) is 0 Å². The minimum atomic E-state index is -1.55. The number of amides is 1. The minimum absolute atomic E-state index is 0.203. The Morgan fingerprint density at radius 2 is 1.87 bits per heavy atom. The minimum Gasteiger partial charge on any atom is -0.497 e. The lowest BCUT2D eigenvalue weighted by Crippen LogP contribution is -2.45. The lowest BCUT2D eigenvalue weighted by atomic mass is 9.84.